The third kappa shape index (κ3) is 14.7. The highest BCUT2D eigenvalue weighted by molar-refractivity contribution is 9.08. The predicted molar refractivity (Wildman–Crippen MR) is 360 cm³/mol. The van der Waals surface area contributed by atoms with Crippen LogP contribution in [0.25, 0.3) is 66.8 Å². The fraction of sp³-hybridized carbons (Fsp3) is 0.347. The average molecular weight is 1540 g/mol. The first-order valence-corrected chi connectivity index (χ1v) is 32.4. The molecule has 8 aromatic carbocycles. The lowest BCUT2D eigenvalue weighted by Crippen LogP contribution is -3.00. The Kier molecular flexibility index (Phi) is 27.4. The van der Waals surface area contributed by atoms with Gasteiger partial charge in [-0.05, 0) is 239 Å². The number of benzene rings is 8. The van der Waals surface area contributed by atoms with Gasteiger partial charge >= 0.3 is 0 Å². The van der Waals surface area contributed by atoms with Crippen LogP contribution in [0.2, 0.25) is 0 Å². The van der Waals surface area contributed by atoms with Crippen molar-refractivity contribution in [3.05, 3.63) is 185 Å². The maximum atomic E-state index is 14.9. The largest absolute Gasteiger partial charge is 1.00 e. The SMILES string of the molecule is C.CC#N.CCCC[N+]1(CCCC)Cc2c(-c3cc(F)c(F)c(F)c3)c(C)c(OC)c(C)c2-c2c(C)c(OC)c(C)c(-c3cc(F)c(F)c(F)c3)c2C1.COc1c(C)c(-c2cc(F)c(F)c(F)c2)c(CBr)c(-c2c(C)c(OC)c(C)c(-c3cc(F)c(F)c(F)c3)c2CBr)c1C.[Br-]. The maximum Gasteiger partial charge on any atom is 0.194 e. The van der Waals surface area contributed by atoms with E-state index in [2.05, 4.69) is 45.7 Å². The van der Waals surface area contributed by atoms with Crippen LogP contribution in [-0.4, -0.2) is 46.0 Å². The Bertz CT molecular complexity index is 3970. The molecular weight excluding hydrogens is 1460 g/mol. The molecular formula is C75H77Br3F12N2O4. The summed E-state index contributed by atoms with van der Waals surface area (Å²) in [6.45, 7) is 22.7. The molecule has 96 heavy (non-hydrogen) atoms. The number of alkyl halides is 2. The molecule has 21 heteroatoms. The Balaban J connectivity index is 0.000000330. The number of hydrogen-bond donors (Lipinski definition) is 0. The van der Waals surface area contributed by atoms with E-state index in [1.165, 1.54) is 35.4 Å². The lowest BCUT2D eigenvalue weighted by molar-refractivity contribution is -0.953. The Hall–Kier alpha value is -6.99. The molecule has 0 saturated heterocycles. The first-order valence-electron chi connectivity index (χ1n) is 30.2. The standard InChI is InChI=1S/C40H44F6NO2.C32H26Br2F6O2.C2H3N.CH4.BrH/c1-9-11-13-47(14-12-10-2)19-27-33(25-15-29(41)37(45)30(42)16-25)21(3)39(48-7)23(5)35(27)36-24(6)40(49-8)22(4)34(28(36)20-47)26-17-31(43)38(46)32(44)18-26;1-13-25(17-7-21(35)29(39)22(36)8-17)19(11-33)27(15(3)31(13)41-5)28-16(4)32(42-6)14(2)26(20(28)12-34)18-9-23(37)30(40)24(38)10-18;1-2-3;;/h15-18H,9-14,19-20H2,1-8H3;7-10H,11-12H2,1-6H3;1H3;1H4;1H/q+1;;;;/p-1. The number of quaternary nitrogens is 1. The summed E-state index contributed by atoms with van der Waals surface area (Å²) in [4.78, 5) is 0. The normalized spacial score (nSPS) is 12.0. The van der Waals surface area contributed by atoms with Crippen molar-refractivity contribution in [2.24, 2.45) is 0 Å². The number of hydrogen-bond acceptors (Lipinski definition) is 5. The van der Waals surface area contributed by atoms with Gasteiger partial charge in [-0.3, -0.25) is 0 Å². The van der Waals surface area contributed by atoms with E-state index in [9.17, 15) is 52.7 Å². The van der Waals surface area contributed by atoms with Crippen molar-refractivity contribution in [1.82, 2.24) is 0 Å². The van der Waals surface area contributed by atoms with Crippen LogP contribution in [0.5, 0.6) is 23.0 Å². The maximum absolute atomic E-state index is 14.9. The molecule has 0 atom stereocenters. The van der Waals surface area contributed by atoms with E-state index in [0.717, 1.165) is 121 Å². The number of halogens is 15. The highest BCUT2D eigenvalue weighted by atomic mass is 79.9. The zero-order chi connectivity index (χ0) is 69.9. The molecule has 0 spiro atoms. The van der Waals surface area contributed by atoms with Gasteiger partial charge in [0, 0.05) is 28.7 Å². The van der Waals surface area contributed by atoms with E-state index in [1.54, 1.807) is 19.9 Å². The number of fused-ring (bicyclic) bond motifs is 3. The second-order valence-corrected chi connectivity index (χ2v) is 24.5. The van der Waals surface area contributed by atoms with Crippen LogP contribution in [0.15, 0.2) is 48.5 Å². The molecule has 6 nitrogen and oxygen atoms in total. The second kappa shape index (κ2) is 33.0. The van der Waals surface area contributed by atoms with Gasteiger partial charge in [-0.15, -0.1) is 0 Å². The van der Waals surface area contributed by atoms with Crippen molar-refractivity contribution in [3.8, 4) is 95.8 Å². The fourth-order valence-electron chi connectivity index (χ4n) is 14.0. The van der Waals surface area contributed by atoms with Gasteiger partial charge < -0.3 is 40.4 Å². The summed E-state index contributed by atoms with van der Waals surface area (Å²) in [5.41, 5.74) is 13.4. The number of unbranched alkanes of at least 4 members (excludes halogenated alkanes) is 2. The van der Waals surface area contributed by atoms with Crippen LogP contribution < -0.4 is 35.9 Å². The molecule has 0 aliphatic carbocycles. The summed E-state index contributed by atoms with van der Waals surface area (Å²) in [5, 5.41) is 7.73. The van der Waals surface area contributed by atoms with Crippen LogP contribution in [0.3, 0.4) is 0 Å². The minimum Gasteiger partial charge on any atom is -1.00 e. The Morgan fingerprint density at radius 3 is 0.792 bits per heavy atom. The van der Waals surface area contributed by atoms with Gasteiger partial charge in [-0.25, -0.2) is 52.7 Å². The molecule has 0 amide bonds. The molecule has 0 bridgehead atoms. The number of rotatable bonds is 17. The molecule has 0 aromatic heterocycles. The number of nitriles is 1. The highest BCUT2D eigenvalue weighted by Gasteiger charge is 2.41. The molecule has 0 fully saturated rings. The molecule has 0 saturated carbocycles. The Morgan fingerprint density at radius 2 is 0.583 bits per heavy atom. The molecule has 516 valence electrons. The van der Waals surface area contributed by atoms with E-state index in [-0.39, 0.29) is 57.3 Å². The van der Waals surface area contributed by atoms with Crippen LogP contribution in [0.1, 0.15) is 121 Å². The first kappa shape index (κ1) is 79.7. The summed E-state index contributed by atoms with van der Waals surface area (Å²) in [7, 11) is 5.98. The third-order valence-corrected chi connectivity index (χ3v) is 18.9. The van der Waals surface area contributed by atoms with E-state index < -0.39 is 69.8 Å². The molecule has 0 unspecified atom stereocenters. The van der Waals surface area contributed by atoms with Crippen molar-refractivity contribution in [2.45, 2.75) is 133 Å². The fourth-order valence-corrected chi connectivity index (χ4v) is 15.1. The van der Waals surface area contributed by atoms with Crippen molar-refractivity contribution in [3.63, 3.8) is 0 Å². The monoisotopic (exact) mass is 1530 g/mol. The summed E-state index contributed by atoms with van der Waals surface area (Å²) in [6.07, 6.45) is 3.58. The lowest BCUT2D eigenvalue weighted by atomic mass is 9.79. The summed E-state index contributed by atoms with van der Waals surface area (Å²) < 4.78 is 198. The van der Waals surface area contributed by atoms with Crippen LogP contribution >= 0.6 is 31.9 Å². The van der Waals surface area contributed by atoms with E-state index in [1.807, 2.05) is 41.5 Å². The number of nitrogens with zero attached hydrogens (tertiary/aromatic N) is 2. The second-order valence-electron chi connectivity index (χ2n) is 23.4. The summed E-state index contributed by atoms with van der Waals surface area (Å²) >= 11 is 7.09. The zero-order valence-corrected chi connectivity index (χ0v) is 60.1. The minimum absolute atomic E-state index is 0. The molecule has 9 rings (SSSR count). The quantitative estimate of drug-likeness (QED) is 0.0393. The summed E-state index contributed by atoms with van der Waals surface area (Å²) in [6, 6.07) is 9.53. The molecule has 1 aliphatic rings. The predicted octanol–water partition coefficient (Wildman–Crippen LogP) is 19.9. The highest BCUT2D eigenvalue weighted by Crippen LogP contribution is 2.55. The first-order chi connectivity index (χ1) is 44.5. The van der Waals surface area contributed by atoms with E-state index in [4.69, 9.17) is 24.2 Å². The van der Waals surface area contributed by atoms with Gasteiger partial charge in [0.25, 0.3) is 0 Å². The smallest absolute Gasteiger partial charge is 0.194 e. The molecule has 8 aromatic rings. The molecule has 0 N–H and O–H groups in total. The van der Waals surface area contributed by atoms with Crippen LogP contribution in [0, 0.1) is 137 Å². The van der Waals surface area contributed by atoms with Gasteiger partial charge in [0.15, 0.2) is 69.8 Å². The minimum atomic E-state index is -1.58. The lowest BCUT2D eigenvalue weighted by Gasteiger charge is -2.39. The molecule has 0 radical (unpaired) electrons. The Labute approximate surface area is 582 Å². The average Bonchev–Trinajstić information content (AvgIpc) is 0.990. The van der Waals surface area contributed by atoms with Gasteiger partial charge in [-0.2, -0.15) is 5.26 Å². The number of methoxy groups -OCH3 is 4. The van der Waals surface area contributed by atoms with Crippen LogP contribution in [-0.2, 0) is 23.7 Å². The van der Waals surface area contributed by atoms with Gasteiger partial charge in [0.2, 0.25) is 0 Å². The van der Waals surface area contributed by atoms with Crippen molar-refractivity contribution < 1.29 is 93.1 Å². The van der Waals surface area contributed by atoms with Gasteiger partial charge in [0.05, 0.1) is 47.6 Å². The Morgan fingerprint density at radius 1 is 0.385 bits per heavy atom. The van der Waals surface area contributed by atoms with Crippen molar-refractivity contribution in [2.75, 3.05) is 41.5 Å². The van der Waals surface area contributed by atoms with E-state index >= 15 is 0 Å². The zero-order valence-electron chi connectivity index (χ0n) is 55.4. The summed E-state index contributed by atoms with van der Waals surface area (Å²) in [5.74, 6) is -15.0. The topological polar surface area (TPSA) is 60.7 Å². The van der Waals surface area contributed by atoms with Gasteiger partial charge in [0.1, 0.15) is 36.1 Å². The van der Waals surface area contributed by atoms with Crippen molar-refractivity contribution >= 4 is 31.9 Å². The molecule has 1 heterocycles. The van der Waals surface area contributed by atoms with Gasteiger partial charge in [-0.1, -0.05) is 66.0 Å². The third-order valence-electron chi connectivity index (χ3n) is 17.8. The van der Waals surface area contributed by atoms with E-state index in [0.29, 0.717) is 118 Å². The van der Waals surface area contributed by atoms with Crippen molar-refractivity contribution in [1.29, 1.82) is 5.26 Å². The van der Waals surface area contributed by atoms with Crippen LogP contribution in [0.4, 0.5) is 52.7 Å². The number of ether oxygens (including phenoxy) is 4. The molecule has 1 aliphatic heterocycles.